The lowest BCUT2D eigenvalue weighted by Gasteiger charge is -2.40. The van der Waals surface area contributed by atoms with Gasteiger partial charge in [0.15, 0.2) is 0 Å². The minimum atomic E-state index is 0.314. The summed E-state index contributed by atoms with van der Waals surface area (Å²) in [5.74, 6) is 0. The van der Waals surface area contributed by atoms with E-state index in [2.05, 4.69) is 72.5 Å². The molecule has 0 unspecified atom stereocenters. The van der Waals surface area contributed by atoms with Gasteiger partial charge in [-0.1, -0.05) is 74.0 Å². The lowest BCUT2D eigenvalue weighted by molar-refractivity contribution is -0.0412. The molecule has 0 N–H and O–H groups in total. The van der Waals surface area contributed by atoms with Crippen LogP contribution in [0.2, 0.25) is 0 Å². The van der Waals surface area contributed by atoms with Crippen molar-refractivity contribution in [2.75, 3.05) is 6.54 Å². The van der Waals surface area contributed by atoms with Crippen molar-refractivity contribution in [2.45, 2.75) is 57.9 Å². The van der Waals surface area contributed by atoms with Gasteiger partial charge in [-0.25, -0.2) is 0 Å². The SMILES string of the molecule is CC[C@@H](OCc1ccccc1)[C@H]1CCCCN1Cc1ccccc1. The number of rotatable bonds is 7. The molecule has 2 aromatic carbocycles. The average Bonchev–Trinajstić information content (AvgIpc) is 2.65. The molecule has 0 radical (unpaired) electrons. The van der Waals surface area contributed by atoms with E-state index in [0.717, 1.165) is 19.6 Å². The fraction of sp³-hybridized carbons (Fsp3) is 0.455. The van der Waals surface area contributed by atoms with Crippen molar-refractivity contribution >= 4 is 0 Å². The molecule has 0 aliphatic carbocycles. The molecule has 1 aliphatic rings. The van der Waals surface area contributed by atoms with Gasteiger partial charge < -0.3 is 4.74 Å². The van der Waals surface area contributed by atoms with Gasteiger partial charge in [0.2, 0.25) is 0 Å². The Labute approximate surface area is 146 Å². The molecule has 2 heteroatoms. The Balaban J connectivity index is 1.63. The predicted molar refractivity (Wildman–Crippen MR) is 99.8 cm³/mol. The summed E-state index contributed by atoms with van der Waals surface area (Å²) in [5, 5.41) is 0. The summed E-state index contributed by atoms with van der Waals surface area (Å²) in [6.07, 6.45) is 5.26. The van der Waals surface area contributed by atoms with E-state index in [-0.39, 0.29) is 0 Å². The third-order valence-corrected chi connectivity index (χ3v) is 5.03. The fourth-order valence-electron chi connectivity index (χ4n) is 3.73. The van der Waals surface area contributed by atoms with Crippen molar-refractivity contribution in [2.24, 2.45) is 0 Å². The molecule has 24 heavy (non-hydrogen) atoms. The van der Waals surface area contributed by atoms with Crippen LogP contribution in [0.5, 0.6) is 0 Å². The average molecular weight is 323 g/mol. The number of benzene rings is 2. The smallest absolute Gasteiger partial charge is 0.0732 e. The van der Waals surface area contributed by atoms with Crippen LogP contribution < -0.4 is 0 Å². The number of nitrogens with zero attached hydrogens (tertiary/aromatic N) is 1. The molecule has 2 nitrogen and oxygen atoms in total. The second kappa shape index (κ2) is 9.00. The fourth-order valence-corrected chi connectivity index (χ4v) is 3.73. The van der Waals surface area contributed by atoms with Crippen molar-refractivity contribution < 1.29 is 4.74 Å². The van der Waals surface area contributed by atoms with E-state index < -0.39 is 0 Å². The first-order valence-electron chi connectivity index (χ1n) is 9.30. The summed E-state index contributed by atoms with van der Waals surface area (Å²) in [7, 11) is 0. The van der Waals surface area contributed by atoms with Gasteiger partial charge in [-0.2, -0.15) is 0 Å². The van der Waals surface area contributed by atoms with Crippen LogP contribution in [0.4, 0.5) is 0 Å². The Morgan fingerprint density at radius 2 is 1.62 bits per heavy atom. The van der Waals surface area contributed by atoms with Gasteiger partial charge in [0.05, 0.1) is 12.7 Å². The topological polar surface area (TPSA) is 12.5 Å². The van der Waals surface area contributed by atoms with Crippen LogP contribution in [0, 0.1) is 0 Å². The first-order valence-corrected chi connectivity index (χ1v) is 9.30. The van der Waals surface area contributed by atoms with Crippen LogP contribution in [0.25, 0.3) is 0 Å². The standard InChI is InChI=1S/C22H29NO/c1-2-22(24-18-20-13-7-4-8-14-20)21-15-9-10-16-23(21)17-19-11-5-3-6-12-19/h3-8,11-14,21-22H,2,9-10,15-18H2,1H3/t21-,22-/m1/s1. The van der Waals surface area contributed by atoms with Crippen LogP contribution in [-0.2, 0) is 17.9 Å². The van der Waals surface area contributed by atoms with Gasteiger partial charge in [0.1, 0.15) is 0 Å². The van der Waals surface area contributed by atoms with Crippen LogP contribution in [0.3, 0.4) is 0 Å². The molecule has 1 heterocycles. The largest absolute Gasteiger partial charge is 0.372 e. The number of hydrogen-bond acceptors (Lipinski definition) is 2. The molecule has 0 bridgehead atoms. The maximum atomic E-state index is 6.34. The minimum absolute atomic E-state index is 0.314. The number of piperidine rings is 1. The van der Waals surface area contributed by atoms with Gasteiger partial charge in [-0.15, -0.1) is 0 Å². The highest BCUT2D eigenvalue weighted by atomic mass is 16.5. The molecule has 128 valence electrons. The Bertz CT molecular complexity index is 583. The Morgan fingerprint density at radius 3 is 2.29 bits per heavy atom. The lowest BCUT2D eigenvalue weighted by atomic mass is 9.95. The normalized spacial score (nSPS) is 20.0. The summed E-state index contributed by atoms with van der Waals surface area (Å²) in [6, 6.07) is 21.9. The molecular weight excluding hydrogens is 294 g/mol. The van der Waals surface area contributed by atoms with Crippen LogP contribution >= 0.6 is 0 Å². The van der Waals surface area contributed by atoms with Gasteiger partial charge >= 0.3 is 0 Å². The van der Waals surface area contributed by atoms with E-state index in [9.17, 15) is 0 Å². The zero-order valence-corrected chi connectivity index (χ0v) is 14.7. The maximum absolute atomic E-state index is 6.34. The molecule has 0 amide bonds. The molecule has 2 atom stereocenters. The lowest BCUT2D eigenvalue weighted by Crippen LogP contribution is -2.47. The summed E-state index contributed by atoms with van der Waals surface area (Å²) in [6.45, 7) is 5.20. The van der Waals surface area contributed by atoms with Crippen molar-refractivity contribution in [1.82, 2.24) is 4.90 Å². The predicted octanol–water partition coefficient (Wildman–Crippen LogP) is 5.04. The van der Waals surface area contributed by atoms with Crippen molar-refractivity contribution in [3.05, 3.63) is 71.8 Å². The Hall–Kier alpha value is -1.64. The molecule has 0 aromatic heterocycles. The number of ether oxygens (including phenoxy) is 1. The molecule has 1 saturated heterocycles. The van der Waals surface area contributed by atoms with Crippen molar-refractivity contribution in [3.63, 3.8) is 0 Å². The Morgan fingerprint density at radius 1 is 0.958 bits per heavy atom. The highest BCUT2D eigenvalue weighted by molar-refractivity contribution is 5.15. The summed E-state index contributed by atoms with van der Waals surface area (Å²) < 4.78 is 6.34. The van der Waals surface area contributed by atoms with E-state index in [1.165, 1.54) is 36.9 Å². The molecule has 1 aliphatic heterocycles. The third-order valence-electron chi connectivity index (χ3n) is 5.03. The van der Waals surface area contributed by atoms with Crippen molar-refractivity contribution in [3.8, 4) is 0 Å². The minimum Gasteiger partial charge on any atom is -0.372 e. The van der Waals surface area contributed by atoms with E-state index in [1.54, 1.807) is 0 Å². The first-order chi connectivity index (χ1) is 11.9. The number of hydrogen-bond donors (Lipinski definition) is 0. The van der Waals surface area contributed by atoms with Crippen molar-refractivity contribution in [1.29, 1.82) is 0 Å². The molecule has 2 aromatic rings. The second-order valence-electron chi connectivity index (χ2n) is 6.76. The van der Waals surface area contributed by atoms with Gasteiger partial charge in [0, 0.05) is 12.6 Å². The monoisotopic (exact) mass is 323 g/mol. The van der Waals surface area contributed by atoms with E-state index in [0.29, 0.717) is 12.1 Å². The molecule has 1 fully saturated rings. The third kappa shape index (κ3) is 4.68. The van der Waals surface area contributed by atoms with E-state index >= 15 is 0 Å². The van der Waals surface area contributed by atoms with Crippen LogP contribution in [0.15, 0.2) is 60.7 Å². The Kier molecular flexibility index (Phi) is 6.45. The molecule has 3 rings (SSSR count). The zero-order chi connectivity index (χ0) is 16.6. The van der Waals surface area contributed by atoms with Crippen LogP contribution in [0.1, 0.15) is 43.7 Å². The highest BCUT2D eigenvalue weighted by Crippen LogP contribution is 2.25. The zero-order valence-electron chi connectivity index (χ0n) is 14.7. The van der Waals surface area contributed by atoms with Gasteiger partial charge in [-0.3, -0.25) is 4.90 Å². The van der Waals surface area contributed by atoms with E-state index in [4.69, 9.17) is 4.74 Å². The quantitative estimate of drug-likeness (QED) is 0.708. The summed E-state index contributed by atoms with van der Waals surface area (Å²) in [5.41, 5.74) is 2.67. The number of likely N-dealkylation sites (tertiary alicyclic amines) is 1. The molecule has 0 saturated carbocycles. The second-order valence-corrected chi connectivity index (χ2v) is 6.76. The highest BCUT2D eigenvalue weighted by Gasteiger charge is 2.29. The van der Waals surface area contributed by atoms with Crippen LogP contribution in [-0.4, -0.2) is 23.6 Å². The maximum Gasteiger partial charge on any atom is 0.0732 e. The van der Waals surface area contributed by atoms with E-state index in [1.807, 2.05) is 0 Å². The molecular formula is C22H29NO. The first kappa shape index (κ1) is 17.2. The van der Waals surface area contributed by atoms with Gasteiger partial charge in [-0.05, 0) is 36.9 Å². The summed E-state index contributed by atoms with van der Waals surface area (Å²) in [4.78, 5) is 2.64. The summed E-state index contributed by atoms with van der Waals surface area (Å²) >= 11 is 0. The van der Waals surface area contributed by atoms with Gasteiger partial charge in [0.25, 0.3) is 0 Å². The molecule has 0 spiro atoms.